The summed E-state index contributed by atoms with van der Waals surface area (Å²) in [4.78, 5) is 9.12. The molecule has 0 bridgehead atoms. The number of likely N-dealkylation sites (tertiary alicyclic amines) is 1. The van der Waals surface area contributed by atoms with E-state index in [-0.39, 0.29) is 6.04 Å². The molecule has 2 aromatic rings. The van der Waals surface area contributed by atoms with E-state index in [1.807, 2.05) is 6.07 Å². The summed E-state index contributed by atoms with van der Waals surface area (Å²) in [5.41, 5.74) is 2.34. The molecule has 1 aromatic carbocycles. The van der Waals surface area contributed by atoms with Crippen molar-refractivity contribution in [1.82, 2.24) is 19.3 Å². The molecule has 3 N–H and O–H groups in total. The first-order chi connectivity index (χ1) is 13.0. The summed E-state index contributed by atoms with van der Waals surface area (Å²) in [7, 11) is -1.94. The number of rotatable bonds is 5. The number of fused-ring (bicyclic) bond motifs is 2. The summed E-state index contributed by atoms with van der Waals surface area (Å²) in [6, 6.07) is 10.5. The Bertz CT molecular complexity index is 927. The molecule has 0 radical (unpaired) electrons. The molecule has 0 atom stereocenters. The molecule has 9 heteroatoms. The molecular formula is C18H23N5O2S2. The molecule has 2 aliphatic rings. The van der Waals surface area contributed by atoms with E-state index in [1.54, 1.807) is 18.0 Å². The number of aromatic nitrogens is 1. The highest BCUT2D eigenvalue weighted by atomic mass is 32.2. The summed E-state index contributed by atoms with van der Waals surface area (Å²) < 4.78 is 28.2. The van der Waals surface area contributed by atoms with Crippen molar-refractivity contribution in [3.05, 3.63) is 42.1 Å². The average molecular weight is 406 g/mol. The van der Waals surface area contributed by atoms with Crippen molar-refractivity contribution in [2.45, 2.75) is 35.2 Å². The van der Waals surface area contributed by atoms with Gasteiger partial charge in [0.1, 0.15) is 5.82 Å². The molecule has 3 heterocycles. The summed E-state index contributed by atoms with van der Waals surface area (Å²) in [5, 5.41) is 3.42. The van der Waals surface area contributed by atoms with Gasteiger partial charge in [-0.05, 0) is 42.7 Å². The number of benzene rings is 1. The highest BCUT2D eigenvalue weighted by Crippen LogP contribution is 2.43. The predicted molar refractivity (Wildman–Crippen MR) is 107 cm³/mol. The maximum Gasteiger partial charge on any atom is 0.276 e. The van der Waals surface area contributed by atoms with Gasteiger partial charge in [-0.1, -0.05) is 17.8 Å². The van der Waals surface area contributed by atoms with Crippen LogP contribution in [-0.4, -0.2) is 44.5 Å². The summed E-state index contributed by atoms with van der Waals surface area (Å²) >= 11 is 1.74. The zero-order chi connectivity index (χ0) is 18.9. The van der Waals surface area contributed by atoms with Crippen LogP contribution in [0.2, 0.25) is 0 Å². The first-order valence-electron chi connectivity index (χ1n) is 8.98. The van der Waals surface area contributed by atoms with E-state index >= 15 is 0 Å². The molecule has 2 aliphatic heterocycles. The third-order valence-corrected chi connectivity index (χ3v) is 7.18. The molecule has 0 aliphatic carbocycles. The van der Waals surface area contributed by atoms with Gasteiger partial charge in [0.05, 0.1) is 10.6 Å². The Morgan fingerprint density at radius 3 is 2.85 bits per heavy atom. The van der Waals surface area contributed by atoms with Gasteiger partial charge >= 0.3 is 0 Å². The number of nitrogens with zero attached hydrogens (tertiary/aromatic N) is 2. The van der Waals surface area contributed by atoms with Crippen LogP contribution in [0.15, 0.2) is 46.3 Å². The van der Waals surface area contributed by atoms with Crippen LogP contribution in [-0.2, 0) is 16.8 Å². The van der Waals surface area contributed by atoms with Crippen molar-refractivity contribution in [1.29, 1.82) is 0 Å². The van der Waals surface area contributed by atoms with Gasteiger partial charge in [0.25, 0.3) is 10.2 Å². The Morgan fingerprint density at radius 2 is 2.07 bits per heavy atom. The van der Waals surface area contributed by atoms with Gasteiger partial charge in [-0.25, -0.2) is 9.71 Å². The minimum atomic E-state index is -3.37. The summed E-state index contributed by atoms with van der Waals surface area (Å²) in [6.07, 6.45) is 3.43. The second kappa shape index (κ2) is 7.76. The van der Waals surface area contributed by atoms with Crippen LogP contribution in [0.1, 0.15) is 18.4 Å². The minimum Gasteiger partial charge on any atom is -0.338 e. The van der Waals surface area contributed by atoms with Crippen molar-refractivity contribution in [3.63, 3.8) is 0 Å². The zero-order valence-corrected chi connectivity index (χ0v) is 16.7. The molecule has 27 heavy (non-hydrogen) atoms. The van der Waals surface area contributed by atoms with E-state index < -0.39 is 10.2 Å². The summed E-state index contributed by atoms with van der Waals surface area (Å²) in [5.74, 6) is 0.907. The van der Waals surface area contributed by atoms with Gasteiger partial charge in [0.15, 0.2) is 0 Å². The quantitative estimate of drug-likeness (QED) is 0.604. The lowest BCUT2D eigenvalue weighted by Gasteiger charge is -2.32. The van der Waals surface area contributed by atoms with E-state index in [1.165, 1.54) is 17.5 Å². The Kier molecular flexibility index (Phi) is 5.38. The Labute approximate surface area is 164 Å². The normalized spacial score (nSPS) is 17.8. The molecule has 1 saturated heterocycles. The van der Waals surface area contributed by atoms with Crippen LogP contribution in [0.25, 0.3) is 0 Å². The van der Waals surface area contributed by atoms with Gasteiger partial charge in [-0.2, -0.15) is 13.1 Å². The maximum atomic E-state index is 11.6. The molecule has 4 rings (SSSR count). The Balaban J connectivity index is 1.37. The van der Waals surface area contributed by atoms with Crippen molar-refractivity contribution < 1.29 is 8.42 Å². The fourth-order valence-electron chi connectivity index (χ4n) is 3.42. The zero-order valence-electron chi connectivity index (χ0n) is 15.1. The van der Waals surface area contributed by atoms with Crippen molar-refractivity contribution >= 4 is 33.5 Å². The molecule has 1 aromatic heterocycles. The summed E-state index contributed by atoms with van der Waals surface area (Å²) in [6.45, 7) is 2.61. The topological polar surface area (TPSA) is 86.4 Å². The van der Waals surface area contributed by atoms with E-state index in [9.17, 15) is 8.42 Å². The third-order valence-electron chi connectivity index (χ3n) is 4.87. The highest BCUT2D eigenvalue weighted by Gasteiger charge is 2.23. The molecule has 0 amide bonds. The van der Waals surface area contributed by atoms with E-state index in [4.69, 9.17) is 0 Å². The van der Waals surface area contributed by atoms with E-state index in [0.717, 1.165) is 48.9 Å². The fourth-order valence-corrected chi connectivity index (χ4v) is 5.15. The largest absolute Gasteiger partial charge is 0.338 e. The van der Waals surface area contributed by atoms with Crippen LogP contribution in [0.5, 0.6) is 0 Å². The molecule has 7 nitrogen and oxygen atoms in total. The van der Waals surface area contributed by atoms with Crippen LogP contribution in [0, 0.1) is 0 Å². The highest BCUT2D eigenvalue weighted by molar-refractivity contribution is 7.99. The van der Waals surface area contributed by atoms with Gasteiger partial charge in [-0.3, -0.25) is 4.90 Å². The Morgan fingerprint density at radius 1 is 1.26 bits per heavy atom. The first kappa shape index (κ1) is 18.7. The average Bonchev–Trinajstić information content (AvgIpc) is 2.68. The van der Waals surface area contributed by atoms with Crippen LogP contribution in [0.4, 0.5) is 11.5 Å². The number of nitrogens with one attached hydrogen (secondary N) is 3. The second-order valence-corrected chi connectivity index (χ2v) is 9.52. The number of anilines is 2. The first-order valence-corrected chi connectivity index (χ1v) is 11.3. The molecule has 144 valence electrons. The molecule has 0 spiro atoms. The lowest BCUT2D eigenvalue weighted by molar-refractivity contribution is 0.200. The van der Waals surface area contributed by atoms with E-state index in [2.05, 4.69) is 48.9 Å². The lowest BCUT2D eigenvalue weighted by atomic mass is 10.1. The maximum absolute atomic E-state index is 11.6. The van der Waals surface area contributed by atoms with E-state index in [0.29, 0.717) is 0 Å². The van der Waals surface area contributed by atoms with Crippen LogP contribution < -0.4 is 14.8 Å². The van der Waals surface area contributed by atoms with Gasteiger partial charge < -0.3 is 5.32 Å². The second-order valence-electron chi connectivity index (χ2n) is 6.78. The van der Waals surface area contributed by atoms with Crippen molar-refractivity contribution in [3.8, 4) is 0 Å². The standard InChI is InChI=1S/C18H23N5O2S2/c1-19-27(24,25)22-14-6-9-23(10-7-14)12-13-4-5-16-15(11-13)21-18-17(26-16)3-2-8-20-18/h2-5,8,11,14,19,22H,6-7,9-10,12H2,1H3,(H,20,21). The van der Waals surface area contributed by atoms with Crippen molar-refractivity contribution in [2.75, 3.05) is 25.5 Å². The fraction of sp³-hybridized carbons (Fsp3) is 0.389. The lowest BCUT2D eigenvalue weighted by Crippen LogP contribution is -2.47. The minimum absolute atomic E-state index is 0.00266. The van der Waals surface area contributed by atoms with Gasteiger partial charge in [0, 0.05) is 43.8 Å². The van der Waals surface area contributed by atoms with Crippen molar-refractivity contribution in [2.24, 2.45) is 0 Å². The monoisotopic (exact) mass is 405 g/mol. The molecule has 0 unspecified atom stereocenters. The number of pyridine rings is 1. The Hall–Kier alpha value is -1.65. The van der Waals surface area contributed by atoms with Crippen LogP contribution >= 0.6 is 11.8 Å². The SMILES string of the molecule is CNS(=O)(=O)NC1CCN(Cc2ccc3c(c2)Nc2ncccc2S3)CC1. The number of hydrogen-bond donors (Lipinski definition) is 3. The van der Waals surface area contributed by atoms with Gasteiger partial charge in [0.2, 0.25) is 0 Å². The third kappa shape index (κ3) is 4.44. The van der Waals surface area contributed by atoms with Gasteiger partial charge in [-0.15, -0.1) is 0 Å². The predicted octanol–water partition coefficient (Wildman–Crippen LogP) is 2.31. The number of hydrogen-bond acceptors (Lipinski definition) is 6. The smallest absolute Gasteiger partial charge is 0.276 e. The number of piperidine rings is 1. The molecule has 0 saturated carbocycles. The molecular weight excluding hydrogens is 382 g/mol. The molecule has 1 fully saturated rings. The van der Waals surface area contributed by atoms with Crippen LogP contribution in [0.3, 0.4) is 0 Å².